The number of rotatable bonds is 3. The van der Waals surface area contributed by atoms with Gasteiger partial charge >= 0.3 is 12.1 Å². The quantitative estimate of drug-likeness (QED) is 0.655. The first kappa shape index (κ1) is 15.8. The Balaban J connectivity index is 2.51. The Labute approximate surface area is 117 Å². The monoisotopic (exact) mass is 281 g/mol. The third-order valence-electron chi connectivity index (χ3n) is 2.14. The minimum atomic E-state index is -0.848. The second-order valence-corrected chi connectivity index (χ2v) is 5.28. The zero-order valence-corrected chi connectivity index (χ0v) is 12.0. The van der Waals surface area contributed by atoms with Gasteiger partial charge in [-0.1, -0.05) is 0 Å². The van der Waals surface area contributed by atoms with E-state index in [0.717, 1.165) is 0 Å². The number of amides is 1. The Bertz CT molecular complexity index is 475. The summed E-state index contributed by atoms with van der Waals surface area (Å²) in [4.78, 5) is 23.2. The Morgan fingerprint density at radius 3 is 2.25 bits per heavy atom. The van der Waals surface area contributed by atoms with E-state index in [1.807, 2.05) is 0 Å². The van der Waals surface area contributed by atoms with E-state index in [-0.39, 0.29) is 11.5 Å². The molecule has 6 nitrogen and oxygen atoms in total. The molecule has 1 aromatic carbocycles. The molecule has 0 spiro atoms. The van der Waals surface area contributed by atoms with Crippen LogP contribution in [-0.4, -0.2) is 28.8 Å². The lowest BCUT2D eigenvalue weighted by atomic mass is 10.2. The maximum absolute atomic E-state index is 11.7. The van der Waals surface area contributed by atoms with Gasteiger partial charge in [0.05, 0.1) is 0 Å². The first-order valence-corrected chi connectivity index (χ1v) is 6.17. The molecule has 6 heteroatoms. The van der Waals surface area contributed by atoms with Crippen molar-refractivity contribution < 1.29 is 24.2 Å². The molecule has 1 rings (SSSR count). The van der Waals surface area contributed by atoms with Crippen LogP contribution in [-0.2, 0) is 9.53 Å². The van der Waals surface area contributed by atoms with E-state index in [1.54, 1.807) is 20.8 Å². The average molecular weight is 281 g/mol. The van der Waals surface area contributed by atoms with Gasteiger partial charge in [-0.3, -0.25) is 0 Å². The maximum Gasteiger partial charge on any atom is 0.408 e. The number of hydrogen-bond donors (Lipinski definition) is 2. The third-order valence-corrected chi connectivity index (χ3v) is 2.14. The lowest BCUT2D eigenvalue weighted by molar-refractivity contribution is -0.136. The molecule has 0 fully saturated rings. The summed E-state index contributed by atoms with van der Waals surface area (Å²) in [6.45, 7) is 6.68. The number of phenolic OH excluding ortho intramolecular Hbond substituents is 1. The van der Waals surface area contributed by atoms with E-state index in [4.69, 9.17) is 14.6 Å². The van der Waals surface area contributed by atoms with Crippen molar-refractivity contribution in [1.82, 2.24) is 5.32 Å². The Kier molecular flexibility index (Phi) is 4.96. The smallest absolute Gasteiger partial charge is 0.408 e. The standard InChI is InChI=1S/C14H19NO5/c1-9(15-13(18)20-14(2,3)4)12(17)19-11-7-5-10(16)6-8-11/h5-9,16H,1-4H3,(H,15,18)/t9-/m0/s1. The largest absolute Gasteiger partial charge is 0.508 e. The molecule has 1 atom stereocenters. The van der Waals surface area contributed by atoms with Crippen molar-refractivity contribution >= 4 is 12.1 Å². The summed E-state index contributed by atoms with van der Waals surface area (Å²) in [5, 5.41) is 11.5. The zero-order chi connectivity index (χ0) is 15.3. The van der Waals surface area contributed by atoms with Gasteiger partial charge in [-0.15, -0.1) is 0 Å². The molecule has 0 heterocycles. The van der Waals surface area contributed by atoms with Gasteiger partial charge in [0.25, 0.3) is 0 Å². The summed E-state index contributed by atoms with van der Waals surface area (Å²) < 4.78 is 10.1. The van der Waals surface area contributed by atoms with E-state index >= 15 is 0 Å². The number of phenols is 1. The van der Waals surface area contributed by atoms with Crippen molar-refractivity contribution in [1.29, 1.82) is 0 Å². The molecule has 0 saturated carbocycles. The fraction of sp³-hybridized carbons (Fsp3) is 0.429. The molecule has 0 aliphatic heterocycles. The van der Waals surface area contributed by atoms with Gasteiger partial charge in [0.15, 0.2) is 0 Å². The Morgan fingerprint density at radius 2 is 1.75 bits per heavy atom. The van der Waals surface area contributed by atoms with Gasteiger partial charge in [0.1, 0.15) is 23.1 Å². The number of esters is 1. The molecule has 0 aliphatic carbocycles. The van der Waals surface area contributed by atoms with Crippen LogP contribution >= 0.6 is 0 Å². The molecule has 0 saturated heterocycles. The topological polar surface area (TPSA) is 84.9 Å². The molecule has 0 aliphatic rings. The number of alkyl carbamates (subject to hydrolysis) is 1. The molecule has 110 valence electrons. The number of aromatic hydroxyl groups is 1. The lowest BCUT2D eigenvalue weighted by Crippen LogP contribution is -2.43. The van der Waals surface area contributed by atoms with E-state index in [9.17, 15) is 9.59 Å². The van der Waals surface area contributed by atoms with Crippen molar-refractivity contribution in [2.75, 3.05) is 0 Å². The summed E-state index contributed by atoms with van der Waals surface area (Å²) in [6, 6.07) is 4.85. The van der Waals surface area contributed by atoms with Crippen LogP contribution in [0, 0.1) is 0 Å². The fourth-order valence-electron chi connectivity index (χ4n) is 1.26. The van der Waals surface area contributed by atoms with Gasteiger partial charge in [-0.05, 0) is 52.0 Å². The minimum absolute atomic E-state index is 0.0738. The second kappa shape index (κ2) is 6.27. The summed E-state index contributed by atoms with van der Waals surface area (Å²) >= 11 is 0. The SMILES string of the molecule is C[C@H](NC(=O)OC(C)(C)C)C(=O)Oc1ccc(O)cc1. The third kappa shape index (κ3) is 5.60. The molecule has 2 N–H and O–H groups in total. The first-order chi connectivity index (χ1) is 9.17. The van der Waals surface area contributed by atoms with E-state index in [0.29, 0.717) is 0 Å². The molecule has 20 heavy (non-hydrogen) atoms. The highest BCUT2D eigenvalue weighted by atomic mass is 16.6. The number of benzene rings is 1. The van der Waals surface area contributed by atoms with E-state index in [2.05, 4.69) is 5.32 Å². The van der Waals surface area contributed by atoms with E-state index < -0.39 is 23.7 Å². The molecule has 1 aromatic rings. The molecular formula is C14H19NO5. The highest BCUT2D eigenvalue weighted by Crippen LogP contribution is 2.16. The molecule has 0 unspecified atom stereocenters. The van der Waals surface area contributed by atoms with Crippen molar-refractivity contribution in [3.05, 3.63) is 24.3 Å². The number of carbonyl (C=O) groups is 2. The fourth-order valence-corrected chi connectivity index (χ4v) is 1.26. The van der Waals surface area contributed by atoms with Crippen LogP contribution in [0.3, 0.4) is 0 Å². The highest BCUT2D eigenvalue weighted by Gasteiger charge is 2.22. The van der Waals surface area contributed by atoms with Crippen LogP contribution < -0.4 is 10.1 Å². The molecule has 0 bridgehead atoms. The van der Waals surface area contributed by atoms with Gasteiger partial charge in [-0.2, -0.15) is 0 Å². The summed E-state index contributed by atoms with van der Waals surface area (Å²) in [5.41, 5.74) is -0.634. The van der Waals surface area contributed by atoms with Crippen LogP contribution in [0.4, 0.5) is 4.79 Å². The average Bonchev–Trinajstić information content (AvgIpc) is 2.29. The van der Waals surface area contributed by atoms with Crippen LogP contribution in [0.2, 0.25) is 0 Å². The summed E-state index contributed by atoms with van der Waals surface area (Å²) in [7, 11) is 0. The van der Waals surface area contributed by atoms with Crippen LogP contribution in [0.15, 0.2) is 24.3 Å². The number of ether oxygens (including phenoxy) is 2. The van der Waals surface area contributed by atoms with Gasteiger partial charge in [0.2, 0.25) is 0 Å². The molecule has 0 aromatic heterocycles. The van der Waals surface area contributed by atoms with E-state index in [1.165, 1.54) is 31.2 Å². The van der Waals surface area contributed by atoms with Crippen LogP contribution in [0.5, 0.6) is 11.5 Å². The van der Waals surface area contributed by atoms with Crippen LogP contribution in [0.1, 0.15) is 27.7 Å². The number of carbonyl (C=O) groups excluding carboxylic acids is 2. The van der Waals surface area contributed by atoms with Gasteiger partial charge in [-0.25, -0.2) is 9.59 Å². The second-order valence-electron chi connectivity index (χ2n) is 5.28. The predicted octanol–water partition coefficient (Wildman–Crippen LogP) is 2.21. The predicted molar refractivity (Wildman–Crippen MR) is 72.6 cm³/mol. The van der Waals surface area contributed by atoms with Crippen LogP contribution in [0.25, 0.3) is 0 Å². The van der Waals surface area contributed by atoms with Crippen molar-refractivity contribution in [2.45, 2.75) is 39.3 Å². The summed E-state index contributed by atoms with van der Waals surface area (Å²) in [6.07, 6.45) is -0.687. The Hall–Kier alpha value is -2.24. The number of hydrogen-bond acceptors (Lipinski definition) is 5. The van der Waals surface area contributed by atoms with Gasteiger partial charge < -0.3 is 19.9 Å². The van der Waals surface area contributed by atoms with Crippen molar-refractivity contribution in [3.63, 3.8) is 0 Å². The van der Waals surface area contributed by atoms with Crippen molar-refractivity contribution in [2.24, 2.45) is 0 Å². The zero-order valence-electron chi connectivity index (χ0n) is 12.0. The number of nitrogens with one attached hydrogen (secondary N) is 1. The maximum atomic E-state index is 11.7. The lowest BCUT2D eigenvalue weighted by Gasteiger charge is -2.21. The minimum Gasteiger partial charge on any atom is -0.508 e. The first-order valence-electron chi connectivity index (χ1n) is 6.17. The molecule has 1 amide bonds. The van der Waals surface area contributed by atoms with Crippen molar-refractivity contribution in [3.8, 4) is 11.5 Å². The summed E-state index contributed by atoms with van der Waals surface area (Å²) in [5.74, 6) is -0.267. The Morgan fingerprint density at radius 1 is 1.20 bits per heavy atom. The molecular weight excluding hydrogens is 262 g/mol. The highest BCUT2D eigenvalue weighted by molar-refractivity contribution is 5.82. The normalized spacial score (nSPS) is 12.4. The molecule has 0 radical (unpaired) electrons. The van der Waals surface area contributed by atoms with Gasteiger partial charge in [0, 0.05) is 0 Å².